The van der Waals surface area contributed by atoms with Crippen LogP contribution in [-0.2, 0) is 4.79 Å². The second-order valence-electron chi connectivity index (χ2n) is 5.43. The average Bonchev–Trinajstić information content (AvgIpc) is 2.48. The van der Waals surface area contributed by atoms with Crippen LogP contribution in [0, 0.1) is 5.92 Å². The maximum atomic E-state index is 12.2. The van der Waals surface area contributed by atoms with Crippen molar-refractivity contribution in [3.8, 4) is 0 Å². The van der Waals surface area contributed by atoms with Gasteiger partial charge in [0.1, 0.15) is 0 Å². The minimum atomic E-state index is 0.0368. The van der Waals surface area contributed by atoms with Crippen molar-refractivity contribution in [2.24, 2.45) is 5.92 Å². The number of nitrogens with one attached hydrogen (secondary N) is 1. The molecule has 1 amide bonds. The van der Waals surface area contributed by atoms with Gasteiger partial charge in [-0.15, -0.1) is 0 Å². The molecule has 20 heavy (non-hydrogen) atoms. The second kappa shape index (κ2) is 7.19. The van der Waals surface area contributed by atoms with Gasteiger partial charge in [-0.3, -0.25) is 4.79 Å². The molecule has 2 heterocycles. The predicted octanol–water partition coefficient (Wildman–Crippen LogP) is 0.371. The molecule has 1 aliphatic heterocycles. The van der Waals surface area contributed by atoms with Gasteiger partial charge in [-0.25, -0.2) is 9.97 Å². The summed E-state index contributed by atoms with van der Waals surface area (Å²) in [6, 6.07) is 1.80. The van der Waals surface area contributed by atoms with E-state index in [4.69, 9.17) is 0 Å². The van der Waals surface area contributed by atoms with Crippen molar-refractivity contribution < 1.29 is 4.79 Å². The minimum absolute atomic E-state index is 0.0368. The number of hydrogen-bond acceptors (Lipinski definition) is 5. The van der Waals surface area contributed by atoms with Crippen LogP contribution in [0.15, 0.2) is 18.5 Å². The Morgan fingerprint density at radius 2 is 2.20 bits per heavy atom. The van der Waals surface area contributed by atoms with E-state index >= 15 is 0 Å². The number of carbonyl (C=O) groups is 1. The summed E-state index contributed by atoms with van der Waals surface area (Å²) in [7, 11) is 4.00. The Bertz CT molecular complexity index is 423. The molecule has 1 atom stereocenters. The smallest absolute Gasteiger partial charge is 0.225 e. The number of anilines is 1. The highest BCUT2D eigenvalue weighted by Crippen LogP contribution is 2.19. The molecule has 6 nitrogen and oxygen atoms in total. The summed E-state index contributed by atoms with van der Waals surface area (Å²) in [4.78, 5) is 24.8. The van der Waals surface area contributed by atoms with E-state index in [1.54, 1.807) is 18.5 Å². The van der Waals surface area contributed by atoms with E-state index in [-0.39, 0.29) is 11.8 Å². The van der Waals surface area contributed by atoms with E-state index in [0.29, 0.717) is 13.1 Å². The summed E-state index contributed by atoms with van der Waals surface area (Å²) in [5.41, 5.74) is 0. The van der Waals surface area contributed by atoms with Crippen molar-refractivity contribution in [3.63, 3.8) is 0 Å². The first kappa shape index (κ1) is 14.7. The van der Waals surface area contributed by atoms with Gasteiger partial charge in [0.05, 0.1) is 5.92 Å². The van der Waals surface area contributed by atoms with Crippen molar-refractivity contribution in [1.29, 1.82) is 0 Å². The molecule has 0 saturated carbocycles. The Balaban J connectivity index is 1.85. The lowest BCUT2D eigenvalue weighted by molar-refractivity contribution is -0.125. The van der Waals surface area contributed by atoms with Gasteiger partial charge in [-0.1, -0.05) is 0 Å². The SMILES string of the molecule is CN(C)CCNC(=O)[C@H]1CCCN(c2ncccn2)C1. The van der Waals surface area contributed by atoms with E-state index in [9.17, 15) is 4.79 Å². The standard InChI is InChI=1S/C14H23N5O/c1-18(2)10-8-15-13(20)12-5-3-9-19(11-12)14-16-6-4-7-17-14/h4,6-7,12H,3,5,8-11H2,1-2H3,(H,15,20)/t12-/m0/s1. The van der Waals surface area contributed by atoms with Crippen LogP contribution >= 0.6 is 0 Å². The van der Waals surface area contributed by atoms with Crippen molar-refractivity contribution in [2.75, 3.05) is 45.2 Å². The first-order valence-electron chi connectivity index (χ1n) is 7.11. The second-order valence-corrected chi connectivity index (χ2v) is 5.43. The number of amides is 1. The molecule has 1 N–H and O–H groups in total. The van der Waals surface area contributed by atoms with Gasteiger partial charge in [-0.05, 0) is 33.0 Å². The maximum Gasteiger partial charge on any atom is 0.225 e. The molecule has 1 saturated heterocycles. The predicted molar refractivity (Wildman–Crippen MR) is 78.5 cm³/mol. The third-order valence-electron chi connectivity index (χ3n) is 3.49. The molecule has 1 aromatic rings. The Labute approximate surface area is 120 Å². The van der Waals surface area contributed by atoms with Crippen LogP contribution in [0.25, 0.3) is 0 Å². The first-order chi connectivity index (χ1) is 9.66. The summed E-state index contributed by atoms with van der Waals surface area (Å²) < 4.78 is 0. The Kier molecular flexibility index (Phi) is 5.29. The van der Waals surface area contributed by atoms with Gasteiger partial charge in [0, 0.05) is 38.6 Å². The Hall–Kier alpha value is -1.69. The molecule has 1 aromatic heterocycles. The zero-order valence-electron chi connectivity index (χ0n) is 12.2. The Morgan fingerprint density at radius 1 is 1.45 bits per heavy atom. The zero-order valence-corrected chi connectivity index (χ0v) is 12.2. The van der Waals surface area contributed by atoms with E-state index < -0.39 is 0 Å². The van der Waals surface area contributed by atoms with Crippen molar-refractivity contribution in [2.45, 2.75) is 12.8 Å². The number of hydrogen-bond donors (Lipinski definition) is 1. The van der Waals surface area contributed by atoms with Gasteiger partial charge in [0.25, 0.3) is 0 Å². The third kappa shape index (κ3) is 4.16. The van der Waals surface area contributed by atoms with E-state index in [2.05, 4.69) is 25.1 Å². The van der Waals surface area contributed by atoms with Gasteiger partial charge < -0.3 is 15.1 Å². The highest BCUT2D eigenvalue weighted by Gasteiger charge is 2.26. The monoisotopic (exact) mass is 277 g/mol. The molecule has 0 spiro atoms. The normalized spacial score (nSPS) is 19.1. The fourth-order valence-corrected chi connectivity index (χ4v) is 2.37. The molecule has 110 valence electrons. The molecule has 2 rings (SSSR count). The fourth-order valence-electron chi connectivity index (χ4n) is 2.37. The quantitative estimate of drug-likeness (QED) is 0.842. The van der Waals surface area contributed by atoms with Gasteiger partial charge in [0.2, 0.25) is 11.9 Å². The van der Waals surface area contributed by atoms with Gasteiger partial charge in [-0.2, -0.15) is 0 Å². The Morgan fingerprint density at radius 3 is 2.90 bits per heavy atom. The van der Waals surface area contributed by atoms with Crippen LogP contribution < -0.4 is 10.2 Å². The molecular formula is C14H23N5O. The van der Waals surface area contributed by atoms with Crippen molar-refractivity contribution in [3.05, 3.63) is 18.5 Å². The number of nitrogens with zero attached hydrogens (tertiary/aromatic N) is 4. The van der Waals surface area contributed by atoms with E-state index in [1.165, 1.54) is 0 Å². The molecular weight excluding hydrogens is 254 g/mol. The molecule has 1 fully saturated rings. The van der Waals surface area contributed by atoms with Crippen LogP contribution in [0.2, 0.25) is 0 Å². The van der Waals surface area contributed by atoms with Crippen LogP contribution in [0.4, 0.5) is 5.95 Å². The third-order valence-corrected chi connectivity index (χ3v) is 3.49. The molecule has 1 aliphatic rings. The maximum absolute atomic E-state index is 12.2. The van der Waals surface area contributed by atoms with Crippen molar-refractivity contribution in [1.82, 2.24) is 20.2 Å². The zero-order chi connectivity index (χ0) is 14.4. The van der Waals surface area contributed by atoms with Gasteiger partial charge >= 0.3 is 0 Å². The van der Waals surface area contributed by atoms with E-state index in [1.807, 2.05) is 14.1 Å². The highest BCUT2D eigenvalue weighted by molar-refractivity contribution is 5.79. The molecule has 0 bridgehead atoms. The summed E-state index contributed by atoms with van der Waals surface area (Å²) in [5.74, 6) is 0.903. The van der Waals surface area contributed by atoms with Crippen molar-refractivity contribution >= 4 is 11.9 Å². The number of piperidine rings is 1. The molecule has 0 radical (unpaired) electrons. The minimum Gasteiger partial charge on any atom is -0.355 e. The van der Waals surface area contributed by atoms with Crippen LogP contribution in [0.1, 0.15) is 12.8 Å². The number of aromatic nitrogens is 2. The lowest BCUT2D eigenvalue weighted by Crippen LogP contribution is -2.44. The fraction of sp³-hybridized carbons (Fsp3) is 0.643. The summed E-state index contributed by atoms with van der Waals surface area (Å²) in [6.07, 6.45) is 5.42. The largest absolute Gasteiger partial charge is 0.355 e. The van der Waals surface area contributed by atoms with Crippen LogP contribution in [0.3, 0.4) is 0 Å². The summed E-state index contributed by atoms with van der Waals surface area (Å²) in [5, 5.41) is 3.01. The van der Waals surface area contributed by atoms with Crippen LogP contribution in [-0.4, -0.2) is 61.0 Å². The molecule has 0 aromatic carbocycles. The molecule has 0 aliphatic carbocycles. The summed E-state index contributed by atoms with van der Waals surface area (Å²) >= 11 is 0. The number of carbonyl (C=O) groups excluding carboxylic acids is 1. The highest BCUT2D eigenvalue weighted by atomic mass is 16.1. The number of likely N-dealkylation sites (N-methyl/N-ethyl adjacent to an activating group) is 1. The lowest BCUT2D eigenvalue weighted by atomic mass is 9.97. The first-order valence-corrected chi connectivity index (χ1v) is 7.11. The molecule has 0 unspecified atom stereocenters. The lowest BCUT2D eigenvalue weighted by Gasteiger charge is -2.32. The van der Waals surface area contributed by atoms with Gasteiger partial charge in [0.15, 0.2) is 0 Å². The summed E-state index contributed by atoms with van der Waals surface area (Å²) in [6.45, 7) is 3.19. The average molecular weight is 277 g/mol. The topological polar surface area (TPSA) is 61.4 Å². The van der Waals surface area contributed by atoms with Crippen LogP contribution in [0.5, 0.6) is 0 Å². The number of rotatable bonds is 5. The van der Waals surface area contributed by atoms with E-state index in [0.717, 1.165) is 31.9 Å². The molecule has 6 heteroatoms.